The van der Waals surface area contributed by atoms with Crippen LogP contribution in [-0.4, -0.2) is 22.3 Å². The average molecular weight is 303 g/mol. The van der Waals surface area contributed by atoms with E-state index in [0.717, 1.165) is 30.0 Å². The van der Waals surface area contributed by atoms with Crippen molar-refractivity contribution in [2.45, 2.75) is 33.9 Å². The third kappa shape index (κ3) is 4.29. The van der Waals surface area contributed by atoms with Gasteiger partial charge >= 0.3 is 0 Å². The van der Waals surface area contributed by atoms with E-state index in [2.05, 4.69) is 22.4 Å². The summed E-state index contributed by atoms with van der Waals surface area (Å²) in [7, 11) is 0. The van der Waals surface area contributed by atoms with E-state index in [0.29, 0.717) is 6.54 Å². The molecule has 0 spiro atoms. The van der Waals surface area contributed by atoms with Gasteiger partial charge in [-0.05, 0) is 31.5 Å². The smallest absolute Gasteiger partial charge is 0.219 e. The van der Waals surface area contributed by atoms with Gasteiger partial charge in [-0.25, -0.2) is 4.98 Å². The molecule has 0 aliphatic rings. The summed E-state index contributed by atoms with van der Waals surface area (Å²) in [5.74, 6) is 0.108. The third-order valence-corrected chi connectivity index (χ3v) is 4.36. The first kappa shape index (κ1) is 15.5. The van der Waals surface area contributed by atoms with Gasteiger partial charge in [-0.3, -0.25) is 4.79 Å². The molecule has 21 heavy (non-hydrogen) atoms. The van der Waals surface area contributed by atoms with Crippen LogP contribution in [0.3, 0.4) is 0 Å². The summed E-state index contributed by atoms with van der Waals surface area (Å²) in [5, 5.41) is 3.42. The Kier molecular flexibility index (Phi) is 5.33. The molecule has 0 saturated heterocycles. The number of aryl methyl sites for hydroxylation is 1. The van der Waals surface area contributed by atoms with Crippen molar-refractivity contribution >= 4 is 22.9 Å². The summed E-state index contributed by atoms with van der Waals surface area (Å²) in [5.41, 5.74) is 5.16. The van der Waals surface area contributed by atoms with Gasteiger partial charge in [-0.2, -0.15) is 0 Å². The first-order chi connectivity index (χ1) is 10.1. The number of aromatic nitrogens is 1. The van der Waals surface area contributed by atoms with E-state index < -0.39 is 0 Å². The second-order valence-corrected chi connectivity index (χ2v) is 5.89. The minimum Gasteiger partial charge on any atom is -0.380 e. The van der Waals surface area contributed by atoms with Crippen LogP contribution in [0.5, 0.6) is 0 Å². The normalized spacial score (nSPS) is 10.4. The highest BCUT2D eigenvalue weighted by atomic mass is 32.1. The quantitative estimate of drug-likeness (QED) is 0.889. The molecule has 0 bridgehead atoms. The van der Waals surface area contributed by atoms with E-state index in [1.165, 1.54) is 4.88 Å². The lowest BCUT2D eigenvalue weighted by Crippen LogP contribution is -2.27. The molecule has 0 aliphatic carbocycles. The fourth-order valence-corrected chi connectivity index (χ4v) is 2.84. The molecule has 1 amide bonds. The summed E-state index contributed by atoms with van der Waals surface area (Å²) < 4.78 is 0. The Balaban J connectivity index is 2.00. The standard InChI is InChI=1S/C16H21N3OS/c1-4-19(13(3)20)10-14-6-5-7-15(8-14)17-9-16-12(2)18-11-21-16/h5-8,11,17H,4,9-10H2,1-3H3. The minimum absolute atomic E-state index is 0.108. The van der Waals surface area contributed by atoms with Gasteiger partial charge in [-0.15, -0.1) is 11.3 Å². The van der Waals surface area contributed by atoms with E-state index in [-0.39, 0.29) is 5.91 Å². The van der Waals surface area contributed by atoms with Crippen molar-refractivity contribution in [3.05, 3.63) is 45.9 Å². The van der Waals surface area contributed by atoms with Crippen molar-refractivity contribution in [3.8, 4) is 0 Å². The van der Waals surface area contributed by atoms with Crippen molar-refractivity contribution in [2.24, 2.45) is 0 Å². The number of nitrogens with one attached hydrogen (secondary N) is 1. The Morgan fingerprint density at radius 3 is 2.86 bits per heavy atom. The zero-order valence-electron chi connectivity index (χ0n) is 12.7. The van der Waals surface area contributed by atoms with E-state index in [1.807, 2.05) is 36.4 Å². The number of hydrogen-bond donors (Lipinski definition) is 1. The maximum absolute atomic E-state index is 11.5. The topological polar surface area (TPSA) is 45.2 Å². The lowest BCUT2D eigenvalue weighted by Gasteiger charge is -2.19. The van der Waals surface area contributed by atoms with Crippen molar-refractivity contribution in [3.63, 3.8) is 0 Å². The van der Waals surface area contributed by atoms with Crippen LogP contribution in [-0.2, 0) is 17.9 Å². The molecule has 1 heterocycles. The van der Waals surface area contributed by atoms with Gasteiger partial charge in [0.25, 0.3) is 0 Å². The van der Waals surface area contributed by atoms with Crippen molar-refractivity contribution in [1.82, 2.24) is 9.88 Å². The molecule has 1 aromatic carbocycles. The predicted molar refractivity (Wildman–Crippen MR) is 87.4 cm³/mol. The van der Waals surface area contributed by atoms with Gasteiger partial charge in [0.15, 0.2) is 0 Å². The van der Waals surface area contributed by atoms with Crippen molar-refractivity contribution in [2.75, 3.05) is 11.9 Å². The van der Waals surface area contributed by atoms with E-state index in [9.17, 15) is 4.79 Å². The molecule has 0 aliphatic heterocycles. The molecule has 5 heteroatoms. The third-order valence-electron chi connectivity index (χ3n) is 3.43. The lowest BCUT2D eigenvalue weighted by atomic mass is 10.2. The summed E-state index contributed by atoms with van der Waals surface area (Å²) in [6.07, 6.45) is 0. The van der Waals surface area contributed by atoms with Gasteiger partial charge in [0.2, 0.25) is 5.91 Å². The number of carbonyl (C=O) groups excluding carboxylic acids is 1. The molecule has 4 nitrogen and oxygen atoms in total. The number of amides is 1. The van der Waals surface area contributed by atoms with Crippen molar-refractivity contribution in [1.29, 1.82) is 0 Å². The largest absolute Gasteiger partial charge is 0.380 e. The Morgan fingerprint density at radius 1 is 1.43 bits per heavy atom. The maximum atomic E-state index is 11.5. The molecular weight excluding hydrogens is 282 g/mol. The summed E-state index contributed by atoms with van der Waals surface area (Å²) in [6.45, 7) is 7.79. The van der Waals surface area contributed by atoms with Crippen LogP contribution >= 0.6 is 11.3 Å². The lowest BCUT2D eigenvalue weighted by molar-refractivity contribution is -0.129. The van der Waals surface area contributed by atoms with Crippen LogP contribution < -0.4 is 5.32 Å². The summed E-state index contributed by atoms with van der Waals surface area (Å²) in [4.78, 5) is 18.8. The molecule has 1 N–H and O–H groups in total. The van der Waals surface area contributed by atoms with E-state index in [1.54, 1.807) is 18.3 Å². The maximum Gasteiger partial charge on any atom is 0.219 e. The minimum atomic E-state index is 0.108. The first-order valence-electron chi connectivity index (χ1n) is 7.07. The monoisotopic (exact) mass is 303 g/mol. The highest BCUT2D eigenvalue weighted by Gasteiger charge is 2.07. The molecule has 1 aromatic heterocycles. The molecule has 0 radical (unpaired) electrons. The molecule has 0 unspecified atom stereocenters. The first-order valence-corrected chi connectivity index (χ1v) is 7.95. The Labute approximate surface area is 129 Å². The van der Waals surface area contributed by atoms with Crippen LogP contribution in [0, 0.1) is 6.92 Å². The molecule has 0 atom stereocenters. The Morgan fingerprint density at radius 2 is 2.24 bits per heavy atom. The molecular formula is C16H21N3OS. The number of rotatable bonds is 6. The SMILES string of the molecule is CCN(Cc1cccc(NCc2scnc2C)c1)C(C)=O. The van der Waals surface area contributed by atoms with Crippen LogP contribution in [0.1, 0.15) is 30.0 Å². The Bertz CT molecular complexity index is 609. The van der Waals surface area contributed by atoms with Gasteiger partial charge in [0, 0.05) is 30.6 Å². The van der Waals surface area contributed by atoms with Crippen molar-refractivity contribution < 1.29 is 4.79 Å². The number of carbonyl (C=O) groups is 1. The molecule has 2 aromatic rings. The summed E-state index contributed by atoms with van der Waals surface area (Å²) >= 11 is 1.66. The second-order valence-electron chi connectivity index (χ2n) is 4.95. The molecule has 2 rings (SSSR count). The number of thiazole rings is 1. The van der Waals surface area contributed by atoms with Crippen LogP contribution in [0.4, 0.5) is 5.69 Å². The fourth-order valence-electron chi connectivity index (χ4n) is 2.12. The number of anilines is 1. The highest BCUT2D eigenvalue weighted by molar-refractivity contribution is 7.09. The Hall–Kier alpha value is -1.88. The van der Waals surface area contributed by atoms with Crippen LogP contribution in [0.25, 0.3) is 0 Å². The second kappa shape index (κ2) is 7.22. The summed E-state index contributed by atoms with van der Waals surface area (Å²) in [6, 6.07) is 8.21. The van der Waals surface area contributed by atoms with Gasteiger partial charge in [-0.1, -0.05) is 12.1 Å². The zero-order chi connectivity index (χ0) is 15.2. The average Bonchev–Trinajstić information content (AvgIpc) is 2.88. The number of nitrogens with zero attached hydrogens (tertiary/aromatic N) is 2. The number of benzene rings is 1. The van der Waals surface area contributed by atoms with Crippen LogP contribution in [0.15, 0.2) is 29.8 Å². The highest BCUT2D eigenvalue weighted by Crippen LogP contribution is 2.17. The van der Waals surface area contributed by atoms with Gasteiger partial charge in [0.1, 0.15) is 0 Å². The van der Waals surface area contributed by atoms with Gasteiger partial charge in [0.05, 0.1) is 17.7 Å². The van der Waals surface area contributed by atoms with Gasteiger partial charge < -0.3 is 10.2 Å². The zero-order valence-corrected chi connectivity index (χ0v) is 13.5. The molecule has 112 valence electrons. The number of hydrogen-bond acceptors (Lipinski definition) is 4. The fraction of sp³-hybridized carbons (Fsp3) is 0.375. The predicted octanol–water partition coefficient (Wildman–Crippen LogP) is 3.43. The van der Waals surface area contributed by atoms with E-state index >= 15 is 0 Å². The van der Waals surface area contributed by atoms with Crippen LogP contribution in [0.2, 0.25) is 0 Å². The molecule has 0 fully saturated rings. The molecule has 0 saturated carbocycles. The van der Waals surface area contributed by atoms with E-state index in [4.69, 9.17) is 0 Å².